The Labute approximate surface area is 111 Å². The topological polar surface area (TPSA) is 59.0 Å². The first-order chi connectivity index (χ1) is 9.26. The van der Waals surface area contributed by atoms with E-state index in [4.69, 9.17) is 0 Å². The van der Waals surface area contributed by atoms with E-state index in [-0.39, 0.29) is 5.91 Å². The lowest BCUT2D eigenvalue weighted by molar-refractivity contribution is 0.102. The van der Waals surface area contributed by atoms with Crippen LogP contribution in [0.25, 0.3) is 0 Å². The molecule has 2 heterocycles. The number of amides is 1. The Balaban J connectivity index is 1.76. The maximum absolute atomic E-state index is 12.1. The van der Waals surface area contributed by atoms with E-state index in [0.29, 0.717) is 5.56 Å². The van der Waals surface area contributed by atoms with Crippen LogP contribution < -0.4 is 10.6 Å². The fraction of sp³-hybridized carbons (Fsp3) is 0.286. The first kappa shape index (κ1) is 11.8. The van der Waals surface area contributed by atoms with E-state index >= 15 is 0 Å². The second-order valence-corrected chi connectivity index (χ2v) is 4.59. The highest BCUT2D eigenvalue weighted by Gasteiger charge is 2.13. The largest absolute Gasteiger partial charge is 0.384 e. The van der Waals surface area contributed by atoms with Crippen molar-refractivity contribution in [2.45, 2.75) is 19.9 Å². The van der Waals surface area contributed by atoms with Gasteiger partial charge in [-0.1, -0.05) is 6.07 Å². The molecule has 19 heavy (non-hydrogen) atoms. The zero-order valence-electron chi connectivity index (χ0n) is 10.8. The minimum atomic E-state index is -0.104. The van der Waals surface area contributed by atoms with Gasteiger partial charge in [-0.05, 0) is 31.0 Å². The minimum absolute atomic E-state index is 0.104. The second kappa shape index (κ2) is 4.76. The predicted octanol–water partition coefficient (Wildman–Crippen LogP) is 2.12. The summed E-state index contributed by atoms with van der Waals surface area (Å²) in [5.74, 6) is -0.104. The van der Waals surface area contributed by atoms with E-state index < -0.39 is 0 Å². The van der Waals surface area contributed by atoms with Crippen molar-refractivity contribution in [2.75, 3.05) is 17.2 Å². The van der Waals surface area contributed by atoms with Crippen molar-refractivity contribution in [3.8, 4) is 0 Å². The summed E-state index contributed by atoms with van der Waals surface area (Å²) in [5.41, 5.74) is 3.73. The standard InChI is InChI=1S/C14H16N4O/c1-2-18-9-12(8-16-18)17-14(19)11-4-3-10-5-6-15-13(10)7-11/h3-4,7-9,15H,2,5-6H2,1H3,(H,17,19). The van der Waals surface area contributed by atoms with Gasteiger partial charge in [-0.15, -0.1) is 0 Å². The van der Waals surface area contributed by atoms with Crippen LogP contribution in [0.3, 0.4) is 0 Å². The molecule has 3 rings (SSSR count). The number of carbonyl (C=O) groups excluding carboxylic acids is 1. The molecule has 1 amide bonds. The molecule has 0 fully saturated rings. The summed E-state index contributed by atoms with van der Waals surface area (Å²) < 4.78 is 1.78. The fourth-order valence-electron chi connectivity index (χ4n) is 2.24. The van der Waals surface area contributed by atoms with Crippen molar-refractivity contribution in [3.63, 3.8) is 0 Å². The quantitative estimate of drug-likeness (QED) is 0.884. The summed E-state index contributed by atoms with van der Waals surface area (Å²) >= 11 is 0. The minimum Gasteiger partial charge on any atom is -0.384 e. The van der Waals surface area contributed by atoms with E-state index in [1.807, 2.05) is 31.3 Å². The third-order valence-electron chi connectivity index (χ3n) is 3.30. The lowest BCUT2D eigenvalue weighted by Crippen LogP contribution is -2.11. The Hall–Kier alpha value is -2.30. The molecule has 2 N–H and O–H groups in total. The molecule has 0 aliphatic carbocycles. The van der Waals surface area contributed by atoms with Crippen LogP contribution >= 0.6 is 0 Å². The summed E-state index contributed by atoms with van der Waals surface area (Å²) in [6.45, 7) is 3.74. The van der Waals surface area contributed by atoms with E-state index in [1.165, 1.54) is 5.56 Å². The number of fused-ring (bicyclic) bond motifs is 1. The van der Waals surface area contributed by atoms with Crippen LogP contribution in [0.5, 0.6) is 0 Å². The molecule has 0 bridgehead atoms. The van der Waals surface area contributed by atoms with Crippen molar-refractivity contribution in [3.05, 3.63) is 41.7 Å². The van der Waals surface area contributed by atoms with Crippen LogP contribution in [0, 0.1) is 0 Å². The van der Waals surface area contributed by atoms with Gasteiger partial charge in [-0.3, -0.25) is 9.48 Å². The number of benzene rings is 1. The number of rotatable bonds is 3. The molecule has 2 aromatic rings. The molecule has 1 aliphatic rings. The number of anilines is 2. The van der Waals surface area contributed by atoms with Crippen LogP contribution in [0.4, 0.5) is 11.4 Å². The van der Waals surface area contributed by atoms with Gasteiger partial charge in [0, 0.05) is 30.5 Å². The third-order valence-corrected chi connectivity index (χ3v) is 3.30. The molecule has 0 saturated heterocycles. The first-order valence-electron chi connectivity index (χ1n) is 6.47. The normalized spacial score (nSPS) is 12.9. The maximum Gasteiger partial charge on any atom is 0.255 e. The number of hydrogen-bond donors (Lipinski definition) is 2. The highest BCUT2D eigenvalue weighted by Crippen LogP contribution is 2.23. The molecular weight excluding hydrogens is 240 g/mol. The van der Waals surface area contributed by atoms with Crippen LogP contribution in [0.1, 0.15) is 22.8 Å². The molecule has 1 aliphatic heterocycles. The van der Waals surface area contributed by atoms with E-state index in [1.54, 1.807) is 10.9 Å². The zero-order chi connectivity index (χ0) is 13.2. The van der Waals surface area contributed by atoms with Gasteiger partial charge in [0.1, 0.15) is 0 Å². The monoisotopic (exact) mass is 256 g/mol. The lowest BCUT2D eigenvalue weighted by Gasteiger charge is -2.05. The molecule has 1 aromatic carbocycles. The summed E-state index contributed by atoms with van der Waals surface area (Å²) in [7, 11) is 0. The molecule has 5 nitrogen and oxygen atoms in total. The van der Waals surface area contributed by atoms with Gasteiger partial charge < -0.3 is 10.6 Å². The van der Waals surface area contributed by atoms with Crippen LogP contribution in [0.15, 0.2) is 30.6 Å². The predicted molar refractivity (Wildman–Crippen MR) is 74.5 cm³/mol. The van der Waals surface area contributed by atoms with Crippen LogP contribution in [-0.2, 0) is 13.0 Å². The average molecular weight is 256 g/mol. The molecular formula is C14H16N4O. The smallest absolute Gasteiger partial charge is 0.255 e. The molecule has 0 spiro atoms. The molecule has 0 saturated carbocycles. The van der Waals surface area contributed by atoms with E-state index in [2.05, 4.69) is 15.7 Å². The van der Waals surface area contributed by atoms with Gasteiger partial charge in [0.2, 0.25) is 0 Å². The van der Waals surface area contributed by atoms with Crippen LogP contribution in [-0.4, -0.2) is 22.2 Å². The summed E-state index contributed by atoms with van der Waals surface area (Å²) in [6.07, 6.45) is 4.51. The highest BCUT2D eigenvalue weighted by atomic mass is 16.1. The van der Waals surface area contributed by atoms with Crippen molar-refractivity contribution < 1.29 is 4.79 Å². The SMILES string of the molecule is CCn1cc(NC(=O)c2ccc3c(c2)NCC3)cn1. The number of carbonyl (C=O) groups is 1. The van der Waals surface area contributed by atoms with Crippen molar-refractivity contribution in [1.82, 2.24) is 9.78 Å². The van der Waals surface area contributed by atoms with Gasteiger partial charge in [0.25, 0.3) is 5.91 Å². The summed E-state index contributed by atoms with van der Waals surface area (Å²) in [5, 5.41) is 10.3. The molecule has 0 atom stereocenters. The maximum atomic E-state index is 12.1. The summed E-state index contributed by atoms with van der Waals surface area (Å²) in [6, 6.07) is 5.78. The Morgan fingerprint density at radius 2 is 2.42 bits per heavy atom. The van der Waals surface area contributed by atoms with Gasteiger partial charge in [0.15, 0.2) is 0 Å². The number of nitrogens with one attached hydrogen (secondary N) is 2. The fourth-order valence-corrected chi connectivity index (χ4v) is 2.24. The molecule has 0 radical (unpaired) electrons. The average Bonchev–Trinajstić information content (AvgIpc) is 3.05. The van der Waals surface area contributed by atoms with Crippen LogP contribution in [0.2, 0.25) is 0 Å². The van der Waals surface area contributed by atoms with Gasteiger partial charge >= 0.3 is 0 Å². The Morgan fingerprint density at radius 3 is 3.21 bits per heavy atom. The Kier molecular flexibility index (Phi) is 2.95. The van der Waals surface area contributed by atoms with Crippen molar-refractivity contribution >= 4 is 17.3 Å². The van der Waals surface area contributed by atoms with Gasteiger partial charge in [-0.2, -0.15) is 5.10 Å². The third kappa shape index (κ3) is 2.31. The number of aryl methyl sites for hydroxylation is 1. The van der Waals surface area contributed by atoms with Crippen molar-refractivity contribution in [1.29, 1.82) is 0 Å². The number of hydrogen-bond acceptors (Lipinski definition) is 3. The number of nitrogens with zero attached hydrogens (tertiary/aromatic N) is 2. The van der Waals surface area contributed by atoms with E-state index in [9.17, 15) is 4.79 Å². The molecule has 0 unspecified atom stereocenters. The molecule has 1 aromatic heterocycles. The van der Waals surface area contributed by atoms with Gasteiger partial charge in [0.05, 0.1) is 11.9 Å². The Morgan fingerprint density at radius 1 is 1.53 bits per heavy atom. The van der Waals surface area contributed by atoms with E-state index in [0.717, 1.165) is 30.9 Å². The Bertz CT molecular complexity index is 618. The zero-order valence-corrected chi connectivity index (χ0v) is 10.8. The van der Waals surface area contributed by atoms with Gasteiger partial charge in [-0.25, -0.2) is 0 Å². The summed E-state index contributed by atoms with van der Waals surface area (Å²) in [4.78, 5) is 12.1. The molecule has 98 valence electrons. The second-order valence-electron chi connectivity index (χ2n) is 4.59. The first-order valence-corrected chi connectivity index (χ1v) is 6.47. The number of aromatic nitrogens is 2. The van der Waals surface area contributed by atoms with Crippen molar-refractivity contribution in [2.24, 2.45) is 0 Å². The molecule has 5 heteroatoms. The highest BCUT2D eigenvalue weighted by molar-refractivity contribution is 6.04. The lowest BCUT2D eigenvalue weighted by atomic mass is 10.1.